The molecular formula is C16H14ClNO7S. The zero-order chi connectivity index (χ0) is 18.7. The van der Waals surface area contributed by atoms with Crippen molar-refractivity contribution in [1.29, 1.82) is 0 Å². The normalized spacial score (nSPS) is 15.7. The highest BCUT2D eigenvalue weighted by Crippen LogP contribution is 2.35. The van der Waals surface area contributed by atoms with E-state index in [1.165, 1.54) is 24.3 Å². The van der Waals surface area contributed by atoms with Gasteiger partial charge in [0.1, 0.15) is 0 Å². The van der Waals surface area contributed by atoms with Gasteiger partial charge in [0, 0.05) is 11.6 Å². The topological polar surface area (TPSA) is 111 Å². The fourth-order valence-electron chi connectivity index (χ4n) is 2.29. The minimum Gasteiger partial charge on any atom is -0.450 e. The van der Waals surface area contributed by atoms with Gasteiger partial charge in [0.05, 0.1) is 4.90 Å². The lowest BCUT2D eigenvalue weighted by Gasteiger charge is -2.07. The van der Waals surface area contributed by atoms with Gasteiger partial charge in [0.25, 0.3) is 0 Å². The van der Waals surface area contributed by atoms with Gasteiger partial charge < -0.3 is 19.3 Å². The molecule has 1 heterocycles. The van der Waals surface area contributed by atoms with Crippen molar-refractivity contribution in [3.05, 3.63) is 53.1 Å². The van der Waals surface area contributed by atoms with Gasteiger partial charge >= 0.3 is 12.6 Å². The number of benzene rings is 2. The lowest BCUT2D eigenvalue weighted by molar-refractivity contribution is -0.147. The van der Waals surface area contributed by atoms with E-state index in [0.717, 1.165) is 5.56 Å². The van der Waals surface area contributed by atoms with Crippen LogP contribution in [0.25, 0.3) is 0 Å². The Morgan fingerprint density at radius 3 is 2.54 bits per heavy atom. The fourth-order valence-corrected chi connectivity index (χ4v) is 3.44. The molecule has 0 amide bonds. The zero-order valence-electron chi connectivity index (χ0n) is 13.2. The Hall–Kier alpha value is -2.49. The van der Waals surface area contributed by atoms with Crippen molar-refractivity contribution in [3.63, 3.8) is 0 Å². The number of sulfonamides is 1. The first-order chi connectivity index (χ1) is 12.3. The van der Waals surface area contributed by atoms with E-state index in [2.05, 4.69) is 9.46 Å². The molecule has 0 radical (unpaired) electrons. The van der Waals surface area contributed by atoms with Gasteiger partial charge in [-0.15, -0.1) is 0 Å². The summed E-state index contributed by atoms with van der Waals surface area (Å²) < 4.78 is 41.6. The van der Waals surface area contributed by atoms with Crippen molar-refractivity contribution in [2.24, 2.45) is 0 Å². The number of carboxylic acid groups (broad SMARTS) is 1. The van der Waals surface area contributed by atoms with Crippen LogP contribution in [-0.4, -0.2) is 32.7 Å². The van der Waals surface area contributed by atoms with Gasteiger partial charge in [-0.25, -0.2) is 17.9 Å². The predicted molar refractivity (Wildman–Crippen MR) is 90.9 cm³/mol. The molecule has 0 aliphatic carbocycles. The monoisotopic (exact) mass is 399 g/mol. The maximum Gasteiger partial charge on any atom is 0.511 e. The molecule has 0 fully saturated rings. The van der Waals surface area contributed by atoms with Crippen molar-refractivity contribution in [2.75, 3.05) is 6.54 Å². The van der Waals surface area contributed by atoms with Crippen LogP contribution in [0.5, 0.6) is 11.5 Å². The van der Waals surface area contributed by atoms with Crippen LogP contribution in [0.1, 0.15) is 5.56 Å². The second kappa shape index (κ2) is 7.40. The molecule has 0 spiro atoms. The molecule has 1 aliphatic rings. The highest BCUT2D eigenvalue weighted by atomic mass is 35.5. The Morgan fingerprint density at radius 1 is 1.15 bits per heavy atom. The van der Waals surface area contributed by atoms with E-state index < -0.39 is 22.7 Å². The number of rotatable bonds is 6. The molecule has 0 bridgehead atoms. The molecule has 2 aromatic rings. The van der Waals surface area contributed by atoms with Crippen LogP contribution in [-0.2, 0) is 21.2 Å². The lowest BCUT2D eigenvalue weighted by atomic mass is 10.1. The molecule has 0 saturated heterocycles. The number of halogens is 1. The number of hydrogen-bond acceptors (Lipinski definition) is 6. The quantitative estimate of drug-likeness (QED) is 0.718. The van der Waals surface area contributed by atoms with E-state index in [1.807, 2.05) is 0 Å². The minimum atomic E-state index is -3.63. The predicted octanol–water partition coefficient (Wildman–Crippen LogP) is 2.61. The molecule has 3 rings (SSSR count). The highest BCUT2D eigenvalue weighted by Gasteiger charge is 2.27. The molecule has 138 valence electrons. The molecule has 2 N–H and O–H groups in total. The zero-order valence-corrected chi connectivity index (χ0v) is 14.8. The van der Waals surface area contributed by atoms with Crippen molar-refractivity contribution in [3.8, 4) is 11.5 Å². The van der Waals surface area contributed by atoms with Gasteiger partial charge in [0.15, 0.2) is 11.5 Å². The van der Waals surface area contributed by atoms with E-state index in [0.29, 0.717) is 22.9 Å². The third kappa shape index (κ3) is 4.37. The van der Waals surface area contributed by atoms with Crippen LogP contribution in [0.15, 0.2) is 47.4 Å². The SMILES string of the molecule is O=C(O)OC1Oc2ccc(CCNS(=O)(=O)c3ccc(Cl)cc3)cc2O1. The van der Waals surface area contributed by atoms with Crippen LogP contribution >= 0.6 is 11.6 Å². The van der Waals surface area contributed by atoms with E-state index in [1.54, 1.807) is 18.2 Å². The Bertz CT molecular complexity index is 915. The van der Waals surface area contributed by atoms with Gasteiger partial charge in [0.2, 0.25) is 10.0 Å². The number of hydrogen-bond donors (Lipinski definition) is 2. The molecule has 1 unspecified atom stereocenters. The summed E-state index contributed by atoms with van der Waals surface area (Å²) in [4.78, 5) is 10.6. The molecule has 0 aromatic heterocycles. The number of fused-ring (bicyclic) bond motifs is 1. The molecule has 8 nitrogen and oxygen atoms in total. The molecule has 10 heteroatoms. The second-order valence-electron chi connectivity index (χ2n) is 5.29. The fraction of sp³-hybridized carbons (Fsp3) is 0.188. The maximum atomic E-state index is 12.2. The van der Waals surface area contributed by atoms with Crippen molar-refractivity contribution in [1.82, 2.24) is 4.72 Å². The molecule has 1 atom stereocenters. The van der Waals surface area contributed by atoms with E-state index in [4.69, 9.17) is 26.2 Å². The van der Waals surface area contributed by atoms with Crippen LogP contribution in [0, 0.1) is 0 Å². The highest BCUT2D eigenvalue weighted by molar-refractivity contribution is 7.89. The second-order valence-corrected chi connectivity index (χ2v) is 7.49. The maximum absolute atomic E-state index is 12.2. The van der Waals surface area contributed by atoms with Gasteiger partial charge in [-0.3, -0.25) is 0 Å². The summed E-state index contributed by atoms with van der Waals surface area (Å²) in [6.45, 7) is -1.18. The Labute approximate surface area is 154 Å². The summed E-state index contributed by atoms with van der Waals surface area (Å²) in [7, 11) is -3.63. The van der Waals surface area contributed by atoms with Gasteiger partial charge in [-0.05, 0) is 48.4 Å². The first-order valence-corrected chi connectivity index (χ1v) is 9.31. The van der Waals surface area contributed by atoms with E-state index in [-0.39, 0.29) is 11.4 Å². The number of nitrogens with one attached hydrogen (secondary N) is 1. The summed E-state index contributed by atoms with van der Waals surface area (Å²) in [5, 5.41) is 9.01. The van der Waals surface area contributed by atoms with Crippen LogP contribution in [0.3, 0.4) is 0 Å². The first-order valence-electron chi connectivity index (χ1n) is 7.44. The van der Waals surface area contributed by atoms with Gasteiger partial charge in [-0.2, -0.15) is 0 Å². The Balaban J connectivity index is 1.58. The van der Waals surface area contributed by atoms with E-state index >= 15 is 0 Å². The summed E-state index contributed by atoms with van der Waals surface area (Å²) in [6, 6.07) is 10.8. The first kappa shape index (κ1) is 18.3. The summed E-state index contributed by atoms with van der Waals surface area (Å²) in [6.07, 6.45) is -1.12. The minimum absolute atomic E-state index is 0.126. The largest absolute Gasteiger partial charge is 0.511 e. The van der Waals surface area contributed by atoms with Crippen molar-refractivity contribution < 1.29 is 32.5 Å². The molecule has 2 aromatic carbocycles. The lowest BCUT2D eigenvalue weighted by Crippen LogP contribution is -2.26. The Kier molecular flexibility index (Phi) is 5.21. The van der Waals surface area contributed by atoms with Crippen LogP contribution < -0.4 is 14.2 Å². The average molecular weight is 400 g/mol. The molecule has 0 saturated carbocycles. The summed E-state index contributed by atoms with van der Waals surface area (Å²) >= 11 is 5.75. The van der Waals surface area contributed by atoms with Crippen LogP contribution in [0.2, 0.25) is 5.02 Å². The summed E-state index contributed by atoms with van der Waals surface area (Å²) in [5.74, 6) is 0.677. The third-order valence-corrected chi connectivity index (χ3v) is 5.21. The Morgan fingerprint density at radius 2 is 1.85 bits per heavy atom. The summed E-state index contributed by atoms with van der Waals surface area (Å²) in [5.41, 5.74) is 0.780. The smallest absolute Gasteiger partial charge is 0.450 e. The van der Waals surface area contributed by atoms with Crippen LogP contribution in [0.4, 0.5) is 4.79 Å². The third-order valence-electron chi connectivity index (χ3n) is 3.48. The van der Waals surface area contributed by atoms with E-state index in [9.17, 15) is 13.2 Å². The van der Waals surface area contributed by atoms with Crippen molar-refractivity contribution >= 4 is 27.8 Å². The van der Waals surface area contributed by atoms with Gasteiger partial charge in [-0.1, -0.05) is 17.7 Å². The molecule has 26 heavy (non-hydrogen) atoms. The number of carbonyl (C=O) groups is 1. The average Bonchev–Trinajstić information content (AvgIpc) is 2.95. The number of ether oxygens (including phenoxy) is 3. The standard InChI is InChI=1S/C16H14ClNO7S/c17-11-2-4-12(5-3-11)26(21,22)18-8-7-10-1-6-13-14(9-10)24-16(23-13)25-15(19)20/h1-6,9,16,18H,7-8H2,(H,19,20). The van der Waals surface area contributed by atoms with Crippen molar-refractivity contribution in [2.45, 2.75) is 17.8 Å². The molecule has 1 aliphatic heterocycles. The molecular weight excluding hydrogens is 386 g/mol.